The van der Waals surface area contributed by atoms with E-state index in [1.807, 2.05) is 20.8 Å². The first-order valence-electron chi connectivity index (χ1n) is 4.62. The molecule has 1 saturated heterocycles. The number of carbonyl (C=O) groups is 1. The van der Waals surface area contributed by atoms with Crippen LogP contribution in [0.25, 0.3) is 0 Å². The molecule has 0 spiro atoms. The summed E-state index contributed by atoms with van der Waals surface area (Å²) < 4.78 is 5.20. The van der Waals surface area contributed by atoms with Crippen molar-refractivity contribution >= 4 is 19.6 Å². The Morgan fingerprint density at radius 3 is 2.43 bits per heavy atom. The highest BCUT2D eigenvalue weighted by atomic mass is 32.1. The molecule has 0 unspecified atom stereocenters. The van der Waals surface area contributed by atoms with Gasteiger partial charge < -0.3 is 15.4 Å². The lowest BCUT2D eigenvalue weighted by atomic mass is 10.2. The molecule has 1 rings (SSSR count). The quantitative estimate of drug-likeness (QED) is 0.664. The summed E-state index contributed by atoms with van der Waals surface area (Å²) in [4.78, 5) is 13.1. The third-order valence-corrected chi connectivity index (χ3v) is 1.88. The molecule has 5 heteroatoms. The number of amides is 1. The molecule has 4 nitrogen and oxygen atoms in total. The summed E-state index contributed by atoms with van der Waals surface area (Å²) >= 11 is 0. The fourth-order valence-electron chi connectivity index (χ4n) is 1.28. The van der Waals surface area contributed by atoms with Crippen molar-refractivity contribution in [1.29, 1.82) is 0 Å². The fourth-order valence-corrected chi connectivity index (χ4v) is 1.28. The van der Waals surface area contributed by atoms with Gasteiger partial charge in [-0.05, 0) is 27.2 Å². The summed E-state index contributed by atoms with van der Waals surface area (Å²) in [5.74, 6) is 0. The molecule has 0 saturated carbocycles. The molecule has 1 fully saturated rings. The lowest BCUT2D eigenvalue weighted by Crippen LogP contribution is -2.36. The third kappa shape index (κ3) is 4.19. The van der Waals surface area contributed by atoms with Crippen LogP contribution in [-0.4, -0.2) is 35.7 Å². The average Bonchev–Trinajstić information content (AvgIpc) is 2.31. The van der Waals surface area contributed by atoms with Crippen molar-refractivity contribution in [2.45, 2.75) is 38.8 Å². The standard InChI is InChI=1S/C9H18N2O2.H2S/c1-9(2,3)13-8(12)11-5-4-7(10)6-11;/h7H,4-6,10H2,1-3H3;1H2/t7-;/m0./s1. The van der Waals surface area contributed by atoms with Gasteiger partial charge in [0.2, 0.25) is 0 Å². The van der Waals surface area contributed by atoms with Crippen LogP contribution in [0.1, 0.15) is 27.2 Å². The molecule has 1 atom stereocenters. The van der Waals surface area contributed by atoms with E-state index in [4.69, 9.17) is 10.5 Å². The molecule has 0 aromatic carbocycles. The molecule has 1 aliphatic rings. The summed E-state index contributed by atoms with van der Waals surface area (Å²) in [6.45, 7) is 6.92. The van der Waals surface area contributed by atoms with Gasteiger partial charge in [0.25, 0.3) is 0 Å². The first kappa shape index (κ1) is 13.6. The van der Waals surface area contributed by atoms with Gasteiger partial charge in [0, 0.05) is 19.1 Å². The van der Waals surface area contributed by atoms with Crippen LogP contribution < -0.4 is 5.73 Å². The minimum Gasteiger partial charge on any atom is -0.444 e. The number of ether oxygens (including phenoxy) is 1. The molecule has 0 bridgehead atoms. The summed E-state index contributed by atoms with van der Waals surface area (Å²) in [5.41, 5.74) is 5.26. The van der Waals surface area contributed by atoms with Gasteiger partial charge in [-0.25, -0.2) is 4.79 Å². The van der Waals surface area contributed by atoms with Crippen LogP contribution in [0.15, 0.2) is 0 Å². The van der Waals surface area contributed by atoms with Gasteiger partial charge in [0.1, 0.15) is 5.60 Å². The van der Waals surface area contributed by atoms with Crippen LogP contribution in [0.4, 0.5) is 4.79 Å². The van der Waals surface area contributed by atoms with Crippen LogP contribution in [-0.2, 0) is 4.74 Å². The van der Waals surface area contributed by atoms with Crippen LogP contribution >= 0.6 is 13.5 Å². The van der Waals surface area contributed by atoms with E-state index >= 15 is 0 Å². The van der Waals surface area contributed by atoms with Crippen molar-refractivity contribution in [1.82, 2.24) is 4.90 Å². The predicted molar refractivity (Wildman–Crippen MR) is 60.8 cm³/mol. The van der Waals surface area contributed by atoms with E-state index in [2.05, 4.69) is 0 Å². The van der Waals surface area contributed by atoms with Crippen molar-refractivity contribution in [2.24, 2.45) is 5.73 Å². The molecule has 0 radical (unpaired) electrons. The van der Waals surface area contributed by atoms with Gasteiger partial charge in [0.05, 0.1) is 0 Å². The number of hydrogen-bond acceptors (Lipinski definition) is 3. The summed E-state index contributed by atoms with van der Waals surface area (Å²) in [6.07, 6.45) is 0.625. The summed E-state index contributed by atoms with van der Waals surface area (Å²) in [7, 11) is 0. The second-order valence-corrected chi connectivity index (χ2v) is 4.48. The Morgan fingerprint density at radius 1 is 1.50 bits per heavy atom. The largest absolute Gasteiger partial charge is 0.444 e. The lowest BCUT2D eigenvalue weighted by molar-refractivity contribution is 0.0293. The normalized spacial score (nSPS) is 21.7. The van der Waals surface area contributed by atoms with E-state index in [-0.39, 0.29) is 25.6 Å². The first-order valence-corrected chi connectivity index (χ1v) is 4.62. The Morgan fingerprint density at radius 2 is 2.07 bits per heavy atom. The van der Waals surface area contributed by atoms with Crippen LogP contribution in [0.5, 0.6) is 0 Å². The highest BCUT2D eigenvalue weighted by Crippen LogP contribution is 2.13. The zero-order valence-corrected chi connectivity index (χ0v) is 10.0. The smallest absolute Gasteiger partial charge is 0.410 e. The van der Waals surface area contributed by atoms with E-state index in [0.717, 1.165) is 13.0 Å². The van der Waals surface area contributed by atoms with Gasteiger partial charge in [-0.15, -0.1) is 0 Å². The van der Waals surface area contributed by atoms with Crippen molar-refractivity contribution in [3.05, 3.63) is 0 Å². The summed E-state index contributed by atoms with van der Waals surface area (Å²) in [5, 5.41) is 0. The summed E-state index contributed by atoms with van der Waals surface area (Å²) in [6, 6.07) is 0.118. The maximum absolute atomic E-state index is 11.5. The monoisotopic (exact) mass is 220 g/mol. The molecule has 14 heavy (non-hydrogen) atoms. The molecule has 0 aromatic rings. The SMILES string of the molecule is CC(C)(C)OC(=O)N1CC[C@H](N)C1.S. The zero-order chi connectivity index (χ0) is 10.1. The Kier molecular flexibility index (Phi) is 4.74. The molecule has 1 aliphatic heterocycles. The Labute approximate surface area is 92.2 Å². The number of carbonyl (C=O) groups excluding carboxylic acids is 1. The van der Waals surface area contributed by atoms with E-state index in [0.29, 0.717) is 6.54 Å². The molecule has 84 valence electrons. The predicted octanol–water partition coefficient (Wildman–Crippen LogP) is 1.07. The molecule has 1 amide bonds. The average molecular weight is 220 g/mol. The number of nitrogens with zero attached hydrogens (tertiary/aromatic N) is 1. The van der Waals surface area contributed by atoms with E-state index in [1.165, 1.54) is 0 Å². The van der Waals surface area contributed by atoms with E-state index < -0.39 is 5.60 Å². The third-order valence-electron chi connectivity index (χ3n) is 1.88. The maximum Gasteiger partial charge on any atom is 0.410 e. The molecular formula is C9H20N2O2S. The van der Waals surface area contributed by atoms with Crippen molar-refractivity contribution in [2.75, 3.05) is 13.1 Å². The Hall–Kier alpha value is -0.420. The highest BCUT2D eigenvalue weighted by molar-refractivity contribution is 7.59. The van der Waals surface area contributed by atoms with Gasteiger partial charge in [-0.2, -0.15) is 13.5 Å². The number of hydrogen-bond donors (Lipinski definition) is 1. The number of rotatable bonds is 0. The first-order chi connectivity index (χ1) is 5.88. The number of likely N-dealkylation sites (tertiary alicyclic amines) is 1. The van der Waals surface area contributed by atoms with Gasteiger partial charge >= 0.3 is 6.09 Å². The minimum atomic E-state index is -0.413. The fraction of sp³-hybridized carbons (Fsp3) is 0.889. The van der Waals surface area contributed by atoms with Gasteiger partial charge in [0.15, 0.2) is 0 Å². The second-order valence-electron chi connectivity index (χ2n) is 4.48. The number of nitrogens with two attached hydrogens (primary N) is 1. The Bertz CT molecular complexity index is 203. The van der Waals surface area contributed by atoms with Gasteiger partial charge in [-0.1, -0.05) is 0 Å². The molecule has 2 N–H and O–H groups in total. The van der Waals surface area contributed by atoms with Crippen molar-refractivity contribution in [3.63, 3.8) is 0 Å². The van der Waals surface area contributed by atoms with Crippen molar-refractivity contribution < 1.29 is 9.53 Å². The van der Waals surface area contributed by atoms with Crippen LogP contribution in [0, 0.1) is 0 Å². The molecular weight excluding hydrogens is 200 g/mol. The van der Waals surface area contributed by atoms with Gasteiger partial charge in [-0.3, -0.25) is 0 Å². The van der Waals surface area contributed by atoms with Crippen LogP contribution in [0.3, 0.4) is 0 Å². The minimum absolute atomic E-state index is 0. The molecule has 1 heterocycles. The maximum atomic E-state index is 11.5. The second kappa shape index (κ2) is 4.89. The highest BCUT2D eigenvalue weighted by Gasteiger charge is 2.27. The van der Waals surface area contributed by atoms with Crippen LogP contribution in [0.2, 0.25) is 0 Å². The van der Waals surface area contributed by atoms with E-state index in [1.54, 1.807) is 4.90 Å². The lowest BCUT2D eigenvalue weighted by Gasteiger charge is -2.24. The Balaban J connectivity index is 0.00000169. The molecule has 0 aromatic heterocycles. The molecule has 0 aliphatic carbocycles. The van der Waals surface area contributed by atoms with E-state index in [9.17, 15) is 4.79 Å². The van der Waals surface area contributed by atoms with Crippen molar-refractivity contribution in [3.8, 4) is 0 Å². The topological polar surface area (TPSA) is 55.6 Å². The zero-order valence-electron chi connectivity index (χ0n) is 9.04.